The van der Waals surface area contributed by atoms with E-state index in [1.165, 1.54) is 0 Å². The second kappa shape index (κ2) is 12.9. The molecule has 1 atom stereocenters. The second-order valence-corrected chi connectivity index (χ2v) is 8.15. The lowest BCUT2D eigenvalue weighted by molar-refractivity contribution is 0.108. The fourth-order valence-corrected chi connectivity index (χ4v) is 3.67. The Morgan fingerprint density at radius 3 is 2.50 bits per heavy atom. The summed E-state index contributed by atoms with van der Waals surface area (Å²) in [6.07, 6.45) is 3.69. The molecule has 182 valence electrons. The Balaban J connectivity index is 1.95. The van der Waals surface area contributed by atoms with Crippen LogP contribution < -0.4 is 19.5 Å². The number of nitrogens with one attached hydrogen (secondary N) is 1. The van der Waals surface area contributed by atoms with Gasteiger partial charge in [0.25, 0.3) is 0 Å². The van der Waals surface area contributed by atoms with Crippen LogP contribution in [0.4, 0.5) is 0 Å². The summed E-state index contributed by atoms with van der Waals surface area (Å²) < 4.78 is 16.7. The molecule has 0 aliphatic carbocycles. The summed E-state index contributed by atoms with van der Waals surface area (Å²) in [4.78, 5) is 9.74. The number of aliphatic hydroxyl groups excluding tert-OH is 1. The van der Waals surface area contributed by atoms with Gasteiger partial charge in [0.1, 0.15) is 18.5 Å². The zero-order chi connectivity index (χ0) is 24.3. The van der Waals surface area contributed by atoms with Crippen molar-refractivity contribution >= 4 is 0 Å². The Morgan fingerprint density at radius 2 is 1.76 bits per heavy atom. The summed E-state index contributed by atoms with van der Waals surface area (Å²) in [6, 6.07) is 15.5. The van der Waals surface area contributed by atoms with Crippen molar-refractivity contribution in [3.63, 3.8) is 0 Å². The molecule has 1 aromatic heterocycles. The van der Waals surface area contributed by atoms with Crippen molar-refractivity contribution in [1.82, 2.24) is 15.3 Å². The Hall–Kier alpha value is -3.16. The highest BCUT2D eigenvalue weighted by molar-refractivity contribution is 5.67. The molecule has 0 bridgehead atoms. The van der Waals surface area contributed by atoms with Gasteiger partial charge in [0.2, 0.25) is 0 Å². The third-order valence-corrected chi connectivity index (χ3v) is 5.47. The van der Waals surface area contributed by atoms with Crippen LogP contribution in [0.2, 0.25) is 0 Å². The maximum Gasteiger partial charge on any atom is 0.161 e. The average molecular weight is 466 g/mol. The molecule has 3 aromatic rings. The van der Waals surface area contributed by atoms with Crippen LogP contribution in [0.15, 0.2) is 48.5 Å². The monoisotopic (exact) mass is 465 g/mol. The number of aliphatic hydroxyl groups is 1. The molecule has 0 radical (unpaired) electrons. The maximum absolute atomic E-state index is 9.95. The molecule has 2 N–H and O–H groups in total. The second-order valence-electron chi connectivity index (χ2n) is 8.15. The highest BCUT2D eigenvalue weighted by Gasteiger charge is 2.13. The van der Waals surface area contributed by atoms with Gasteiger partial charge in [0.15, 0.2) is 17.3 Å². The summed E-state index contributed by atoms with van der Waals surface area (Å²) in [5.41, 5.74) is 3.62. The van der Waals surface area contributed by atoms with E-state index < -0.39 is 6.10 Å². The molecule has 0 saturated carbocycles. The highest BCUT2D eigenvalue weighted by Crippen LogP contribution is 2.33. The number of aryl methyl sites for hydroxylation is 1. The molecule has 0 fully saturated rings. The van der Waals surface area contributed by atoms with Gasteiger partial charge in [-0.2, -0.15) is 0 Å². The number of benzene rings is 2. The van der Waals surface area contributed by atoms with E-state index in [9.17, 15) is 5.11 Å². The molecular weight excluding hydrogens is 430 g/mol. The van der Waals surface area contributed by atoms with E-state index in [-0.39, 0.29) is 6.61 Å². The first kappa shape index (κ1) is 25.5. The van der Waals surface area contributed by atoms with E-state index >= 15 is 0 Å². The summed E-state index contributed by atoms with van der Waals surface area (Å²) in [5.74, 6) is 2.64. The van der Waals surface area contributed by atoms with Crippen LogP contribution in [0.25, 0.3) is 22.6 Å². The fraction of sp³-hybridized carbons (Fsp3) is 0.407. The van der Waals surface area contributed by atoms with Gasteiger partial charge < -0.3 is 24.6 Å². The first-order valence-corrected chi connectivity index (χ1v) is 11.7. The molecule has 2 aromatic carbocycles. The van der Waals surface area contributed by atoms with Gasteiger partial charge in [0.05, 0.1) is 19.9 Å². The first-order chi connectivity index (χ1) is 16.6. The van der Waals surface area contributed by atoms with Gasteiger partial charge in [-0.25, -0.2) is 9.97 Å². The van der Waals surface area contributed by atoms with Crippen molar-refractivity contribution in [3.8, 4) is 39.9 Å². The Morgan fingerprint density at radius 1 is 0.941 bits per heavy atom. The third-order valence-electron chi connectivity index (χ3n) is 5.47. The molecule has 0 aliphatic heterocycles. The molecule has 34 heavy (non-hydrogen) atoms. The number of hydrogen-bond acceptors (Lipinski definition) is 7. The maximum atomic E-state index is 9.95. The molecule has 7 heteroatoms. The minimum Gasteiger partial charge on any atom is -0.493 e. The number of hydrogen-bond donors (Lipinski definition) is 2. The Bertz CT molecular complexity index is 1060. The van der Waals surface area contributed by atoms with E-state index in [1.807, 2.05) is 42.5 Å². The molecule has 1 unspecified atom stereocenters. The number of nitrogens with zero attached hydrogens (tertiary/aromatic N) is 2. The number of rotatable bonds is 13. The molecule has 0 aliphatic rings. The first-order valence-electron chi connectivity index (χ1n) is 11.7. The summed E-state index contributed by atoms with van der Waals surface area (Å²) >= 11 is 0. The third kappa shape index (κ3) is 6.92. The normalized spacial score (nSPS) is 11.8. The number of likely N-dealkylation sites (N-methyl/N-ethyl adjacent to an activating group) is 1. The molecule has 7 nitrogen and oxygen atoms in total. The predicted molar refractivity (Wildman–Crippen MR) is 135 cm³/mol. The van der Waals surface area contributed by atoms with Crippen LogP contribution in [0, 0.1) is 0 Å². The van der Waals surface area contributed by atoms with E-state index in [2.05, 4.69) is 18.3 Å². The summed E-state index contributed by atoms with van der Waals surface area (Å²) in [5, 5.41) is 12.9. The highest BCUT2D eigenvalue weighted by atomic mass is 16.5. The van der Waals surface area contributed by atoms with Gasteiger partial charge in [-0.1, -0.05) is 31.9 Å². The lowest BCUT2D eigenvalue weighted by atomic mass is 10.1. The van der Waals surface area contributed by atoms with Crippen molar-refractivity contribution in [3.05, 3.63) is 54.2 Å². The fourth-order valence-electron chi connectivity index (χ4n) is 3.67. The molecule has 0 amide bonds. The number of aromatic nitrogens is 2. The van der Waals surface area contributed by atoms with Gasteiger partial charge >= 0.3 is 0 Å². The van der Waals surface area contributed by atoms with E-state index in [4.69, 9.17) is 24.2 Å². The molecule has 0 saturated heterocycles. The summed E-state index contributed by atoms with van der Waals surface area (Å²) in [7, 11) is 5.05. The molecule has 0 spiro atoms. The van der Waals surface area contributed by atoms with Gasteiger partial charge in [0, 0.05) is 23.4 Å². The lowest BCUT2D eigenvalue weighted by Gasteiger charge is -2.13. The predicted octanol–water partition coefficient (Wildman–Crippen LogP) is 4.52. The van der Waals surface area contributed by atoms with Gasteiger partial charge in [-0.3, -0.25) is 0 Å². The van der Waals surface area contributed by atoms with Crippen molar-refractivity contribution in [2.24, 2.45) is 0 Å². The number of unbranched alkanes of at least 4 members (excludes halogenated alkanes) is 2. The van der Waals surface area contributed by atoms with Gasteiger partial charge in [-0.15, -0.1) is 0 Å². The standard InChI is InChI=1S/C27H35N3O4/c1-5-6-7-10-21-16-24(19-12-13-25(32-3)26(15-19)33-4)30-27(29-21)20-9-8-11-23(14-20)34-18-22(31)17-28-2/h8-9,11-16,22,28,31H,5-7,10,17-18H2,1-4H3. The Labute approximate surface area is 202 Å². The van der Waals surface area contributed by atoms with E-state index in [0.717, 1.165) is 48.2 Å². The van der Waals surface area contributed by atoms with Crippen LogP contribution in [-0.4, -0.2) is 55.6 Å². The number of ether oxygens (including phenoxy) is 3. The van der Waals surface area contributed by atoms with Crippen molar-refractivity contribution in [2.45, 2.75) is 38.7 Å². The zero-order valence-corrected chi connectivity index (χ0v) is 20.5. The SMILES string of the molecule is CCCCCc1cc(-c2ccc(OC)c(OC)c2)nc(-c2cccc(OCC(O)CNC)c2)n1. The van der Waals surface area contributed by atoms with Crippen LogP contribution in [-0.2, 0) is 6.42 Å². The quantitative estimate of drug-likeness (QED) is 0.359. The largest absolute Gasteiger partial charge is 0.493 e. The average Bonchev–Trinajstić information content (AvgIpc) is 2.87. The lowest BCUT2D eigenvalue weighted by Crippen LogP contribution is -2.29. The zero-order valence-electron chi connectivity index (χ0n) is 20.5. The minimum absolute atomic E-state index is 0.207. The number of methoxy groups -OCH3 is 2. The minimum atomic E-state index is -0.580. The topological polar surface area (TPSA) is 85.7 Å². The van der Waals surface area contributed by atoms with Crippen molar-refractivity contribution in [2.75, 3.05) is 34.4 Å². The van der Waals surface area contributed by atoms with Crippen molar-refractivity contribution in [1.29, 1.82) is 0 Å². The van der Waals surface area contributed by atoms with Crippen LogP contribution >= 0.6 is 0 Å². The smallest absolute Gasteiger partial charge is 0.161 e. The Kier molecular flexibility index (Phi) is 9.67. The van der Waals surface area contributed by atoms with Crippen LogP contribution in [0.1, 0.15) is 31.9 Å². The summed E-state index contributed by atoms with van der Waals surface area (Å²) in [6.45, 7) is 2.87. The van der Waals surface area contributed by atoms with E-state index in [1.54, 1.807) is 21.3 Å². The van der Waals surface area contributed by atoms with E-state index in [0.29, 0.717) is 29.6 Å². The molecular formula is C27H35N3O4. The van der Waals surface area contributed by atoms with Crippen molar-refractivity contribution < 1.29 is 19.3 Å². The van der Waals surface area contributed by atoms with Gasteiger partial charge in [-0.05, 0) is 56.3 Å². The van der Waals surface area contributed by atoms with Crippen LogP contribution in [0.3, 0.4) is 0 Å². The molecule has 3 rings (SSSR count). The van der Waals surface area contributed by atoms with Crippen LogP contribution in [0.5, 0.6) is 17.2 Å². The molecule has 1 heterocycles.